The molecule has 0 radical (unpaired) electrons. The summed E-state index contributed by atoms with van der Waals surface area (Å²) in [6, 6.07) is 7.04. The number of nitrogens with zero attached hydrogens (tertiary/aromatic N) is 1. The molecule has 1 amide bonds. The van der Waals surface area contributed by atoms with Gasteiger partial charge < -0.3 is 4.74 Å². The lowest BCUT2D eigenvalue weighted by Gasteiger charge is -2.14. The second-order valence-corrected chi connectivity index (χ2v) is 6.82. The van der Waals surface area contributed by atoms with E-state index in [-0.39, 0.29) is 17.9 Å². The van der Waals surface area contributed by atoms with Crippen molar-refractivity contribution in [2.45, 2.75) is 26.2 Å². The van der Waals surface area contributed by atoms with Crippen molar-refractivity contribution in [3.63, 3.8) is 0 Å². The fourth-order valence-corrected chi connectivity index (χ4v) is 2.68. The van der Waals surface area contributed by atoms with Crippen molar-refractivity contribution < 1.29 is 9.53 Å². The van der Waals surface area contributed by atoms with E-state index in [9.17, 15) is 4.79 Å². The third-order valence-corrected chi connectivity index (χ3v) is 3.78. The molecule has 0 saturated carbocycles. The quantitative estimate of drug-likeness (QED) is 0.920. The van der Waals surface area contributed by atoms with Crippen molar-refractivity contribution in [2.75, 3.05) is 11.9 Å². The minimum absolute atomic E-state index is 0.0342. The van der Waals surface area contributed by atoms with Gasteiger partial charge in [-0.3, -0.25) is 10.1 Å². The van der Waals surface area contributed by atoms with Crippen molar-refractivity contribution in [1.29, 1.82) is 0 Å². The summed E-state index contributed by atoms with van der Waals surface area (Å²) in [4.78, 5) is 16.2. The molecule has 0 bridgehead atoms. The maximum absolute atomic E-state index is 11.8. The van der Waals surface area contributed by atoms with Crippen LogP contribution in [-0.4, -0.2) is 17.5 Å². The Hall–Kier alpha value is -1.59. The van der Waals surface area contributed by atoms with E-state index in [0.717, 1.165) is 5.69 Å². The van der Waals surface area contributed by atoms with Crippen LogP contribution in [0.25, 0.3) is 0 Å². The summed E-state index contributed by atoms with van der Waals surface area (Å²) in [5.41, 5.74) is 0.919. The van der Waals surface area contributed by atoms with Crippen molar-refractivity contribution in [3.8, 4) is 5.75 Å². The molecule has 21 heavy (non-hydrogen) atoms. The molecule has 1 N–H and O–H groups in total. The van der Waals surface area contributed by atoms with Gasteiger partial charge >= 0.3 is 0 Å². The van der Waals surface area contributed by atoms with E-state index in [1.807, 2.05) is 5.38 Å². The molecule has 1 aromatic heterocycles. The molecule has 0 fully saturated rings. The topological polar surface area (TPSA) is 51.2 Å². The predicted octanol–water partition coefficient (Wildman–Crippen LogP) is 4.11. The number of halogens is 1. The van der Waals surface area contributed by atoms with E-state index in [1.165, 1.54) is 11.3 Å². The van der Waals surface area contributed by atoms with E-state index >= 15 is 0 Å². The van der Waals surface area contributed by atoms with Crippen LogP contribution in [0.3, 0.4) is 0 Å². The van der Waals surface area contributed by atoms with Gasteiger partial charge in [0.25, 0.3) is 5.91 Å². The van der Waals surface area contributed by atoms with Gasteiger partial charge in [-0.2, -0.15) is 0 Å². The molecule has 0 aliphatic heterocycles. The average molecular weight is 325 g/mol. The van der Waals surface area contributed by atoms with Gasteiger partial charge in [-0.25, -0.2) is 4.98 Å². The molecule has 0 aliphatic carbocycles. The molecule has 2 rings (SSSR count). The Labute approximate surface area is 133 Å². The first-order chi connectivity index (χ1) is 9.86. The number of hydrogen-bond acceptors (Lipinski definition) is 4. The maximum Gasteiger partial charge on any atom is 0.264 e. The first kappa shape index (κ1) is 15.8. The highest BCUT2D eigenvalue weighted by Gasteiger charge is 2.18. The minimum Gasteiger partial charge on any atom is -0.482 e. The number of aromatic nitrogens is 1. The second kappa shape index (κ2) is 6.45. The van der Waals surface area contributed by atoms with Crippen LogP contribution >= 0.6 is 22.9 Å². The Morgan fingerprint density at radius 1 is 1.38 bits per heavy atom. The number of thiazole rings is 1. The van der Waals surface area contributed by atoms with Gasteiger partial charge in [-0.15, -0.1) is 11.3 Å². The summed E-state index contributed by atoms with van der Waals surface area (Å²) in [5.74, 6) is 0.230. The van der Waals surface area contributed by atoms with Crippen molar-refractivity contribution in [1.82, 2.24) is 4.98 Å². The zero-order chi connectivity index (χ0) is 15.5. The fraction of sp³-hybridized carbons (Fsp3) is 0.333. The number of ether oxygens (including phenoxy) is 1. The van der Waals surface area contributed by atoms with E-state index in [1.54, 1.807) is 24.3 Å². The van der Waals surface area contributed by atoms with Crippen molar-refractivity contribution >= 4 is 34.0 Å². The van der Waals surface area contributed by atoms with Gasteiger partial charge in [-0.1, -0.05) is 44.5 Å². The molecular weight excluding hydrogens is 308 g/mol. The zero-order valence-electron chi connectivity index (χ0n) is 12.1. The third kappa shape index (κ3) is 4.44. The van der Waals surface area contributed by atoms with E-state index in [2.05, 4.69) is 31.1 Å². The van der Waals surface area contributed by atoms with Gasteiger partial charge in [0.1, 0.15) is 5.75 Å². The number of nitrogens with one attached hydrogen (secondary N) is 1. The van der Waals surface area contributed by atoms with Crippen LogP contribution < -0.4 is 10.1 Å². The number of hydrogen-bond donors (Lipinski definition) is 1. The van der Waals surface area contributed by atoms with Gasteiger partial charge in [-0.05, 0) is 12.1 Å². The first-order valence-corrected chi connectivity index (χ1v) is 7.75. The number of rotatable bonds is 4. The monoisotopic (exact) mass is 324 g/mol. The molecule has 4 nitrogen and oxygen atoms in total. The molecular formula is C15H17ClN2O2S. The summed E-state index contributed by atoms with van der Waals surface area (Å²) in [5, 5.41) is 5.73. The Balaban J connectivity index is 1.90. The number of para-hydroxylation sites is 1. The maximum atomic E-state index is 11.8. The standard InChI is InChI=1S/C15H17ClN2O2S/c1-15(2,3)12-9-21-14(17-12)18-13(19)8-20-11-7-5-4-6-10(11)16/h4-7,9H,8H2,1-3H3,(H,17,18,19). The minimum atomic E-state index is -0.260. The van der Waals surface area contributed by atoms with Gasteiger partial charge in [0.2, 0.25) is 0 Å². The average Bonchev–Trinajstić information content (AvgIpc) is 2.86. The van der Waals surface area contributed by atoms with Crippen LogP contribution in [0, 0.1) is 0 Å². The number of anilines is 1. The van der Waals surface area contributed by atoms with Crippen molar-refractivity contribution in [3.05, 3.63) is 40.4 Å². The van der Waals surface area contributed by atoms with Crippen LogP contribution in [0.1, 0.15) is 26.5 Å². The SMILES string of the molecule is CC(C)(C)c1csc(NC(=O)COc2ccccc2Cl)n1. The van der Waals surface area contributed by atoms with Gasteiger partial charge in [0.05, 0.1) is 10.7 Å². The normalized spacial score (nSPS) is 11.2. The summed E-state index contributed by atoms with van der Waals surface area (Å²) in [7, 11) is 0. The highest BCUT2D eigenvalue weighted by molar-refractivity contribution is 7.13. The van der Waals surface area contributed by atoms with Crippen LogP contribution in [-0.2, 0) is 10.2 Å². The third-order valence-electron chi connectivity index (χ3n) is 2.71. The van der Waals surface area contributed by atoms with Crippen molar-refractivity contribution in [2.24, 2.45) is 0 Å². The van der Waals surface area contributed by atoms with Crippen LogP contribution in [0.4, 0.5) is 5.13 Å². The van der Waals surface area contributed by atoms with E-state index < -0.39 is 0 Å². The molecule has 0 unspecified atom stereocenters. The lowest BCUT2D eigenvalue weighted by atomic mass is 9.93. The van der Waals surface area contributed by atoms with Gasteiger partial charge in [0, 0.05) is 10.8 Å². The second-order valence-electron chi connectivity index (χ2n) is 5.56. The summed E-state index contributed by atoms with van der Waals surface area (Å²) in [6.07, 6.45) is 0. The molecule has 6 heteroatoms. The molecule has 1 heterocycles. The Morgan fingerprint density at radius 2 is 2.10 bits per heavy atom. The molecule has 0 saturated heterocycles. The van der Waals surface area contributed by atoms with Gasteiger partial charge in [0.15, 0.2) is 11.7 Å². The zero-order valence-corrected chi connectivity index (χ0v) is 13.7. The molecule has 2 aromatic rings. The van der Waals surface area contributed by atoms with Crippen LogP contribution in [0.2, 0.25) is 5.02 Å². The molecule has 1 aromatic carbocycles. The fourth-order valence-electron chi connectivity index (χ4n) is 1.54. The summed E-state index contributed by atoms with van der Waals surface area (Å²) < 4.78 is 5.38. The number of carbonyl (C=O) groups excluding carboxylic acids is 1. The lowest BCUT2D eigenvalue weighted by Crippen LogP contribution is -2.20. The largest absolute Gasteiger partial charge is 0.482 e. The first-order valence-electron chi connectivity index (χ1n) is 6.49. The number of carbonyl (C=O) groups is 1. The number of benzene rings is 1. The highest BCUT2D eigenvalue weighted by Crippen LogP contribution is 2.26. The summed E-state index contributed by atoms with van der Waals surface area (Å²) >= 11 is 7.36. The highest BCUT2D eigenvalue weighted by atomic mass is 35.5. The Bertz CT molecular complexity index is 635. The number of amides is 1. The lowest BCUT2D eigenvalue weighted by molar-refractivity contribution is -0.118. The summed E-state index contributed by atoms with van der Waals surface area (Å²) in [6.45, 7) is 6.13. The Kier molecular flexibility index (Phi) is 4.85. The molecule has 0 atom stereocenters. The van der Waals surface area contributed by atoms with Crippen LogP contribution in [0.5, 0.6) is 5.75 Å². The molecule has 112 valence electrons. The predicted molar refractivity (Wildman–Crippen MR) is 86.4 cm³/mol. The van der Waals surface area contributed by atoms with E-state index in [0.29, 0.717) is 15.9 Å². The van der Waals surface area contributed by atoms with Crippen LogP contribution in [0.15, 0.2) is 29.6 Å². The van der Waals surface area contributed by atoms with E-state index in [4.69, 9.17) is 16.3 Å². The smallest absolute Gasteiger partial charge is 0.264 e. The molecule has 0 aliphatic rings. The molecule has 0 spiro atoms. The Morgan fingerprint density at radius 3 is 2.71 bits per heavy atom.